The Kier molecular flexibility index (Phi) is 9.57. The van der Waals surface area contributed by atoms with Crippen LogP contribution in [0.15, 0.2) is 11.2 Å². The van der Waals surface area contributed by atoms with Gasteiger partial charge in [-0.2, -0.15) is 0 Å². The summed E-state index contributed by atoms with van der Waals surface area (Å²) in [6.07, 6.45) is 4.42. The van der Waals surface area contributed by atoms with Crippen LogP contribution in [0.4, 0.5) is 0 Å². The number of carbonyl (C=O) groups excluding carboxylic acids is 1. The number of aliphatic imine (C=N–C) groups is 1. The van der Waals surface area contributed by atoms with Crippen molar-refractivity contribution in [2.45, 2.75) is 33.1 Å². The normalized spacial score (nSPS) is 15.8. The molecule has 0 unspecified atom stereocenters. The predicted octanol–water partition coefficient (Wildman–Crippen LogP) is 2.46. The zero-order valence-electron chi connectivity index (χ0n) is 14.6. The number of aromatic nitrogens is 1. The van der Waals surface area contributed by atoms with E-state index in [1.54, 1.807) is 11.3 Å². The van der Waals surface area contributed by atoms with E-state index in [4.69, 9.17) is 9.73 Å². The summed E-state index contributed by atoms with van der Waals surface area (Å²) >= 11 is 1.73. The van der Waals surface area contributed by atoms with Gasteiger partial charge in [0, 0.05) is 43.7 Å². The number of ether oxygens (including phenoxy) is 1. The Hall–Kier alpha value is -0.900. The van der Waals surface area contributed by atoms with Crippen LogP contribution in [0.3, 0.4) is 0 Å². The quantitative estimate of drug-likeness (QED) is 0.313. The van der Waals surface area contributed by atoms with Gasteiger partial charge in [-0.3, -0.25) is 9.79 Å². The molecule has 0 aromatic carbocycles. The first kappa shape index (κ1) is 21.1. The molecule has 0 spiro atoms. The lowest BCUT2D eigenvalue weighted by Gasteiger charge is -2.33. The first-order valence-electron chi connectivity index (χ1n) is 8.16. The molecule has 0 bridgehead atoms. The summed E-state index contributed by atoms with van der Waals surface area (Å²) in [5, 5.41) is 4.48. The highest BCUT2D eigenvalue weighted by molar-refractivity contribution is 14.0. The highest BCUT2D eigenvalue weighted by Gasteiger charge is 2.26. The van der Waals surface area contributed by atoms with E-state index in [-0.39, 0.29) is 35.9 Å². The molecule has 2 heterocycles. The first-order valence-corrected chi connectivity index (χ1v) is 8.98. The maximum Gasteiger partial charge on any atom is 0.308 e. The summed E-state index contributed by atoms with van der Waals surface area (Å²) in [5.41, 5.74) is 0. The predicted molar refractivity (Wildman–Crippen MR) is 108 cm³/mol. The van der Waals surface area contributed by atoms with E-state index >= 15 is 0 Å². The van der Waals surface area contributed by atoms with Crippen molar-refractivity contribution in [2.75, 3.05) is 33.3 Å². The fourth-order valence-electron chi connectivity index (χ4n) is 2.69. The van der Waals surface area contributed by atoms with Crippen LogP contribution in [-0.4, -0.2) is 55.1 Å². The molecule has 2 rings (SSSR count). The number of halogens is 1. The van der Waals surface area contributed by atoms with Crippen LogP contribution in [0.25, 0.3) is 0 Å². The van der Waals surface area contributed by atoms with E-state index in [0.717, 1.165) is 56.4 Å². The molecule has 136 valence electrons. The summed E-state index contributed by atoms with van der Waals surface area (Å²) in [6, 6.07) is 0. The molecule has 0 radical (unpaired) electrons. The summed E-state index contributed by atoms with van der Waals surface area (Å²) in [5.74, 6) is 0.868. The van der Waals surface area contributed by atoms with Crippen molar-refractivity contribution in [1.82, 2.24) is 15.2 Å². The van der Waals surface area contributed by atoms with E-state index in [0.29, 0.717) is 0 Å². The number of esters is 1. The molecule has 0 amide bonds. The minimum absolute atomic E-state index is 0. The maximum absolute atomic E-state index is 11.6. The Morgan fingerprint density at radius 2 is 2.21 bits per heavy atom. The van der Waals surface area contributed by atoms with Crippen molar-refractivity contribution in [3.63, 3.8) is 0 Å². The van der Waals surface area contributed by atoms with Gasteiger partial charge in [-0.25, -0.2) is 4.98 Å². The van der Waals surface area contributed by atoms with E-state index in [1.807, 2.05) is 6.20 Å². The Morgan fingerprint density at radius 3 is 2.75 bits per heavy atom. The van der Waals surface area contributed by atoms with Gasteiger partial charge in [-0.1, -0.05) is 0 Å². The smallest absolute Gasteiger partial charge is 0.308 e. The number of carbonyl (C=O) groups is 1. The SMILES string of the molecule is CCNC(=NCCc1ncc(C)s1)N1CCC(C(=O)OC)CC1.I. The van der Waals surface area contributed by atoms with Crippen molar-refractivity contribution in [1.29, 1.82) is 0 Å². The van der Waals surface area contributed by atoms with Crippen LogP contribution >= 0.6 is 35.3 Å². The number of nitrogens with zero attached hydrogens (tertiary/aromatic N) is 3. The second kappa shape index (κ2) is 10.9. The Balaban J connectivity index is 0.00000288. The molecule has 6 nitrogen and oxygen atoms in total. The average molecular weight is 466 g/mol. The van der Waals surface area contributed by atoms with E-state index in [9.17, 15) is 4.79 Å². The van der Waals surface area contributed by atoms with E-state index < -0.39 is 0 Å². The summed E-state index contributed by atoms with van der Waals surface area (Å²) < 4.78 is 4.84. The van der Waals surface area contributed by atoms with Crippen LogP contribution in [0.5, 0.6) is 0 Å². The minimum atomic E-state index is -0.0919. The van der Waals surface area contributed by atoms with Gasteiger partial charge in [0.05, 0.1) is 18.0 Å². The van der Waals surface area contributed by atoms with Crippen LogP contribution < -0.4 is 5.32 Å². The van der Waals surface area contributed by atoms with Crippen LogP contribution in [0, 0.1) is 12.8 Å². The molecular formula is C16H27IN4O2S. The molecule has 0 aliphatic carbocycles. The van der Waals surface area contributed by atoms with Gasteiger partial charge in [0.2, 0.25) is 0 Å². The number of hydrogen-bond donors (Lipinski definition) is 1. The third-order valence-electron chi connectivity index (χ3n) is 3.92. The highest BCUT2D eigenvalue weighted by Crippen LogP contribution is 2.18. The molecule has 1 aliphatic heterocycles. The van der Waals surface area contributed by atoms with Crippen molar-refractivity contribution in [3.05, 3.63) is 16.1 Å². The third kappa shape index (κ3) is 6.19. The summed E-state index contributed by atoms with van der Waals surface area (Å²) in [7, 11) is 1.46. The molecule has 24 heavy (non-hydrogen) atoms. The standard InChI is InChI=1S/C16H26N4O2S.HI/c1-4-17-16(18-8-5-14-19-11-12(2)23-14)20-9-6-13(7-10-20)15(21)22-3;/h11,13H,4-10H2,1-3H3,(H,17,18);1H. The fraction of sp³-hybridized carbons (Fsp3) is 0.688. The number of piperidine rings is 1. The number of guanidine groups is 1. The molecule has 8 heteroatoms. The van der Waals surface area contributed by atoms with Gasteiger partial charge < -0.3 is 15.0 Å². The van der Waals surface area contributed by atoms with Crippen molar-refractivity contribution in [2.24, 2.45) is 10.9 Å². The largest absolute Gasteiger partial charge is 0.469 e. The van der Waals surface area contributed by atoms with E-state index in [2.05, 4.69) is 29.0 Å². The summed E-state index contributed by atoms with van der Waals surface area (Å²) in [4.78, 5) is 24.2. The molecule has 0 atom stereocenters. The topological polar surface area (TPSA) is 66.8 Å². The number of methoxy groups -OCH3 is 1. The highest BCUT2D eigenvalue weighted by atomic mass is 127. The van der Waals surface area contributed by atoms with Crippen molar-refractivity contribution in [3.8, 4) is 0 Å². The van der Waals surface area contributed by atoms with Gasteiger partial charge in [-0.15, -0.1) is 35.3 Å². The number of hydrogen-bond acceptors (Lipinski definition) is 5. The Bertz CT molecular complexity index is 542. The zero-order chi connectivity index (χ0) is 16.7. The second-order valence-corrected chi connectivity index (χ2v) is 6.95. The monoisotopic (exact) mass is 466 g/mol. The van der Waals surface area contributed by atoms with Crippen LogP contribution in [0.2, 0.25) is 0 Å². The number of nitrogens with one attached hydrogen (secondary N) is 1. The molecule has 1 aromatic rings. The van der Waals surface area contributed by atoms with Crippen LogP contribution in [-0.2, 0) is 16.0 Å². The number of aryl methyl sites for hydroxylation is 1. The number of thiazole rings is 1. The number of likely N-dealkylation sites (tertiary alicyclic amines) is 1. The molecule has 1 N–H and O–H groups in total. The van der Waals surface area contributed by atoms with Gasteiger partial charge >= 0.3 is 5.97 Å². The molecule has 1 aliphatic rings. The second-order valence-electron chi connectivity index (χ2n) is 5.63. The molecule has 1 saturated heterocycles. The van der Waals surface area contributed by atoms with Gasteiger partial charge in [-0.05, 0) is 26.7 Å². The van der Waals surface area contributed by atoms with Gasteiger partial charge in [0.15, 0.2) is 5.96 Å². The number of rotatable bonds is 5. The van der Waals surface area contributed by atoms with Crippen LogP contribution in [0.1, 0.15) is 29.7 Å². The lowest BCUT2D eigenvalue weighted by molar-refractivity contribution is -0.146. The third-order valence-corrected chi connectivity index (χ3v) is 4.89. The van der Waals surface area contributed by atoms with E-state index in [1.165, 1.54) is 12.0 Å². The maximum atomic E-state index is 11.6. The summed E-state index contributed by atoms with van der Waals surface area (Å²) in [6.45, 7) is 7.38. The lowest BCUT2D eigenvalue weighted by atomic mass is 9.97. The fourth-order valence-corrected chi connectivity index (χ4v) is 3.47. The minimum Gasteiger partial charge on any atom is -0.469 e. The zero-order valence-corrected chi connectivity index (χ0v) is 17.7. The Labute approximate surface area is 165 Å². The lowest BCUT2D eigenvalue weighted by Crippen LogP contribution is -2.46. The first-order chi connectivity index (χ1) is 11.1. The Morgan fingerprint density at radius 1 is 1.50 bits per heavy atom. The molecule has 1 aromatic heterocycles. The molecule has 1 fully saturated rings. The van der Waals surface area contributed by atoms with Gasteiger partial charge in [0.25, 0.3) is 0 Å². The average Bonchev–Trinajstić information content (AvgIpc) is 2.99. The molecule has 0 saturated carbocycles. The van der Waals surface area contributed by atoms with Crippen molar-refractivity contribution < 1.29 is 9.53 Å². The van der Waals surface area contributed by atoms with Crippen molar-refractivity contribution >= 4 is 47.2 Å². The van der Waals surface area contributed by atoms with Gasteiger partial charge in [0.1, 0.15) is 0 Å². The molecular weight excluding hydrogens is 439 g/mol.